The topological polar surface area (TPSA) is 77.5 Å². The van der Waals surface area contributed by atoms with Gasteiger partial charge in [0.15, 0.2) is 12.1 Å². The number of carbonyl (C=O) groups excluding carboxylic acids is 2. The number of fused-ring (bicyclic) bond motifs is 2. The molecule has 3 heterocycles. The van der Waals surface area contributed by atoms with Crippen molar-refractivity contribution in [1.82, 2.24) is 4.90 Å². The van der Waals surface area contributed by atoms with Crippen molar-refractivity contribution >= 4 is 17.6 Å². The van der Waals surface area contributed by atoms with Gasteiger partial charge in [0.1, 0.15) is 18.2 Å². The van der Waals surface area contributed by atoms with Crippen molar-refractivity contribution in [2.75, 3.05) is 18.4 Å². The number of rotatable bonds is 7. The lowest BCUT2D eigenvalue weighted by molar-refractivity contribution is -0.251. The maximum Gasteiger partial charge on any atom is 0.327 e. The van der Waals surface area contributed by atoms with Gasteiger partial charge in [-0.3, -0.25) is 14.5 Å². The van der Waals surface area contributed by atoms with Crippen LogP contribution in [0.3, 0.4) is 0 Å². The van der Waals surface area contributed by atoms with Gasteiger partial charge in [0.25, 0.3) is 5.79 Å². The van der Waals surface area contributed by atoms with Gasteiger partial charge in [-0.05, 0) is 103 Å². The summed E-state index contributed by atoms with van der Waals surface area (Å²) in [5.41, 5.74) is 6.90. The van der Waals surface area contributed by atoms with Crippen molar-refractivity contribution in [2.45, 2.75) is 117 Å². The number of nitrogens with zero attached hydrogens (tertiary/aromatic N) is 2. The highest BCUT2D eigenvalue weighted by molar-refractivity contribution is 6.02. The van der Waals surface area contributed by atoms with Crippen LogP contribution in [-0.2, 0) is 55.8 Å². The van der Waals surface area contributed by atoms with E-state index in [0.29, 0.717) is 20.0 Å². The van der Waals surface area contributed by atoms with E-state index < -0.39 is 23.1 Å². The molecular weight excluding hydrogens is 689 g/mol. The number of ether oxygens (including phenoxy) is 4. The fraction of sp³-hybridized carbons (Fsp3) is 0.447. The molecule has 0 bridgehead atoms. The molecule has 0 spiro atoms. The van der Waals surface area contributed by atoms with Gasteiger partial charge in [0.2, 0.25) is 0 Å². The molecule has 3 aliphatic rings. The molecule has 0 N–H and O–H groups in total. The smallest absolute Gasteiger partial charge is 0.327 e. The number of benzene rings is 4. The normalized spacial score (nSPS) is 18.3. The van der Waals surface area contributed by atoms with Crippen LogP contribution in [0.1, 0.15) is 108 Å². The molecule has 0 aliphatic carbocycles. The first-order chi connectivity index (χ1) is 25.7. The van der Waals surface area contributed by atoms with Crippen molar-refractivity contribution in [3.63, 3.8) is 0 Å². The Kier molecular flexibility index (Phi) is 9.60. The first kappa shape index (κ1) is 38.5. The summed E-state index contributed by atoms with van der Waals surface area (Å²) >= 11 is 0. The van der Waals surface area contributed by atoms with E-state index in [-0.39, 0.29) is 29.2 Å². The van der Waals surface area contributed by atoms with E-state index in [2.05, 4.69) is 114 Å². The van der Waals surface area contributed by atoms with Crippen molar-refractivity contribution in [3.05, 3.63) is 124 Å². The monoisotopic (exact) mass is 744 g/mol. The lowest BCUT2D eigenvalue weighted by Gasteiger charge is -2.40. The fourth-order valence-corrected chi connectivity index (χ4v) is 7.77. The molecule has 0 unspecified atom stereocenters. The number of carbonyl (C=O) groups is 2. The molecule has 4 aromatic carbocycles. The number of hydrogen-bond donors (Lipinski definition) is 0. The van der Waals surface area contributed by atoms with Crippen LogP contribution in [0.4, 0.5) is 5.69 Å². The summed E-state index contributed by atoms with van der Waals surface area (Å²) in [5.74, 6) is -0.590. The Bertz CT molecular complexity index is 2070. The van der Waals surface area contributed by atoms with Crippen molar-refractivity contribution < 1.29 is 28.5 Å². The Labute approximate surface area is 326 Å². The summed E-state index contributed by atoms with van der Waals surface area (Å²) in [5, 5.41) is 0. The Hall–Kier alpha value is -4.82. The number of esters is 2. The van der Waals surface area contributed by atoms with E-state index in [1.54, 1.807) is 13.8 Å². The molecule has 0 radical (unpaired) electrons. The van der Waals surface area contributed by atoms with E-state index in [0.717, 1.165) is 40.4 Å². The highest BCUT2D eigenvalue weighted by Crippen LogP contribution is 2.41. The molecule has 290 valence electrons. The molecule has 1 fully saturated rings. The zero-order chi connectivity index (χ0) is 39.6. The summed E-state index contributed by atoms with van der Waals surface area (Å²) in [6.07, 6.45) is 0.333. The van der Waals surface area contributed by atoms with Crippen LogP contribution in [0.5, 0.6) is 11.5 Å². The molecule has 3 aliphatic heterocycles. The maximum absolute atomic E-state index is 13.8. The molecule has 55 heavy (non-hydrogen) atoms. The minimum Gasteiger partial charge on any atom is -0.478 e. The predicted octanol–water partition coefficient (Wildman–Crippen LogP) is 9.22. The standard InChI is InChI=1S/C47H56N2O6/c1-43(2,3)35-15-11-31(12-16-35)25-47(41(50)54-46(9,10)55-42(47)51)26-32-13-19-38(20-14-32)48-27-33-23-36(17-21-39(33)52-29-48)45(7,8)37-18-22-40-34(24-37)28-49(30-53-40)44(4,5)6/h11-24H,25-30H2,1-10H3. The van der Waals surface area contributed by atoms with Crippen LogP contribution in [0, 0.1) is 5.41 Å². The van der Waals surface area contributed by atoms with Gasteiger partial charge < -0.3 is 23.8 Å². The third-order valence-corrected chi connectivity index (χ3v) is 11.6. The quantitative estimate of drug-likeness (QED) is 0.137. The highest BCUT2D eigenvalue weighted by Gasteiger charge is 2.56. The van der Waals surface area contributed by atoms with Gasteiger partial charge in [-0.25, -0.2) is 0 Å². The Morgan fingerprint density at radius 2 is 1.07 bits per heavy atom. The molecule has 0 amide bonds. The molecule has 8 nitrogen and oxygen atoms in total. The second-order valence-electron chi connectivity index (χ2n) is 18.6. The lowest BCUT2D eigenvalue weighted by atomic mass is 9.75. The molecule has 0 aromatic heterocycles. The summed E-state index contributed by atoms with van der Waals surface area (Å²) in [4.78, 5) is 32.1. The van der Waals surface area contributed by atoms with Gasteiger partial charge in [-0.1, -0.05) is 83.1 Å². The summed E-state index contributed by atoms with van der Waals surface area (Å²) in [7, 11) is 0. The minimum atomic E-state index is -1.51. The van der Waals surface area contributed by atoms with Crippen molar-refractivity contribution in [1.29, 1.82) is 0 Å². The third kappa shape index (κ3) is 7.71. The number of hydrogen-bond acceptors (Lipinski definition) is 8. The van der Waals surface area contributed by atoms with Gasteiger partial charge in [0, 0.05) is 54.7 Å². The van der Waals surface area contributed by atoms with E-state index in [1.165, 1.54) is 22.3 Å². The first-order valence-electron chi connectivity index (χ1n) is 19.4. The molecular formula is C47H56N2O6. The van der Waals surface area contributed by atoms with Crippen LogP contribution >= 0.6 is 0 Å². The van der Waals surface area contributed by atoms with E-state index in [9.17, 15) is 9.59 Å². The molecule has 1 saturated heterocycles. The average molecular weight is 745 g/mol. The van der Waals surface area contributed by atoms with E-state index in [1.807, 2.05) is 36.4 Å². The van der Waals surface area contributed by atoms with Crippen LogP contribution in [0.15, 0.2) is 84.9 Å². The minimum absolute atomic E-state index is 0.0155. The van der Waals surface area contributed by atoms with Crippen LogP contribution in [-0.4, -0.2) is 41.6 Å². The fourth-order valence-electron chi connectivity index (χ4n) is 7.77. The van der Waals surface area contributed by atoms with Gasteiger partial charge in [0.05, 0.1) is 0 Å². The van der Waals surface area contributed by atoms with Crippen LogP contribution in [0.2, 0.25) is 0 Å². The maximum atomic E-state index is 13.8. The molecule has 0 atom stereocenters. The average Bonchev–Trinajstić information content (AvgIpc) is 3.12. The largest absolute Gasteiger partial charge is 0.478 e. The van der Waals surface area contributed by atoms with Gasteiger partial charge in [-0.15, -0.1) is 0 Å². The molecule has 8 heteroatoms. The predicted molar refractivity (Wildman–Crippen MR) is 215 cm³/mol. The Balaban J connectivity index is 1.09. The van der Waals surface area contributed by atoms with E-state index >= 15 is 0 Å². The van der Waals surface area contributed by atoms with Crippen LogP contribution in [0.25, 0.3) is 0 Å². The highest BCUT2D eigenvalue weighted by atomic mass is 16.7. The molecule has 7 rings (SSSR count). The Morgan fingerprint density at radius 3 is 1.58 bits per heavy atom. The summed E-state index contributed by atoms with van der Waals surface area (Å²) in [6.45, 7) is 23.4. The van der Waals surface area contributed by atoms with Crippen molar-refractivity contribution in [3.8, 4) is 11.5 Å². The second kappa shape index (κ2) is 13.7. The van der Waals surface area contributed by atoms with E-state index in [4.69, 9.17) is 18.9 Å². The zero-order valence-electron chi connectivity index (χ0n) is 34.2. The van der Waals surface area contributed by atoms with Crippen molar-refractivity contribution in [2.24, 2.45) is 5.41 Å². The number of cyclic esters (lactones) is 2. The zero-order valence-corrected chi connectivity index (χ0v) is 34.2. The number of anilines is 1. The second-order valence-corrected chi connectivity index (χ2v) is 18.6. The molecule has 0 saturated carbocycles. The van der Waals surface area contributed by atoms with Crippen LogP contribution < -0.4 is 14.4 Å². The van der Waals surface area contributed by atoms with Gasteiger partial charge in [-0.2, -0.15) is 0 Å². The lowest BCUT2D eigenvalue weighted by Crippen LogP contribution is -2.56. The molecule has 4 aromatic rings. The summed E-state index contributed by atoms with van der Waals surface area (Å²) in [6, 6.07) is 29.3. The SMILES string of the molecule is CC1(C)OC(=O)C(Cc2ccc(N3COc4ccc(C(C)(C)c5ccc6c(c5)CN(C(C)(C)C)CO6)cc4C3)cc2)(Cc2ccc(C(C)(C)C)cc2)C(=O)O1. The summed E-state index contributed by atoms with van der Waals surface area (Å²) < 4.78 is 23.9. The third-order valence-electron chi connectivity index (χ3n) is 11.6. The Morgan fingerprint density at radius 1 is 0.600 bits per heavy atom. The van der Waals surface area contributed by atoms with Gasteiger partial charge >= 0.3 is 11.9 Å². The first-order valence-corrected chi connectivity index (χ1v) is 19.4.